The number of hydrogen-bond donors (Lipinski definition) is 1. The lowest BCUT2D eigenvalue weighted by molar-refractivity contribution is -0.114. The number of nitrogens with one attached hydrogen (secondary N) is 1. The molecule has 1 fully saturated rings. The number of methoxy groups -OCH3 is 1. The SMILES string of the molecule is COc1ccc(S(=O)(=O)N2CCCCC2)cc1NC(=O)CN(c1ccc(C)cc1)S(C)(=O)=O. The Morgan fingerprint density at radius 1 is 1.03 bits per heavy atom. The Labute approximate surface area is 195 Å². The molecule has 0 aliphatic carbocycles. The second kappa shape index (κ2) is 10.1. The van der Waals surface area contributed by atoms with Gasteiger partial charge in [0.25, 0.3) is 0 Å². The molecule has 0 bridgehead atoms. The average Bonchev–Trinajstić information content (AvgIpc) is 2.78. The maximum absolute atomic E-state index is 13.0. The van der Waals surface area contributed by atoms with Crippen molar-refractivity contribution >= 4 is 37.3 Å². The molecule has 1 N–H and O–H groups in total. The van der Waals surface area contributed by atoms with Gasteiger partial charge >= 0.3 is 0 Å². The number of amides is 1. The van der Waals surface area contributed by atoms with Crippen molar-refractivity contribution in [1.29, 1.82) is 0 Å². The molecule has 1 heterocycles. The number of benzene rings is 2. The molecule has 1 aliphatic rings. The zero-order valence-corrected chi connectivity index (χ0v) is 20.6. The lowest BCUT2D eigenvalue weighted by atomic mass is 10.2. The Hall–Kier alpha value is -2.63. The fourth-order valence-electron chi connectivity index (χ4n) is 3.63. The third-order valence-electron chi connectivity index (χ3n) is 5.41. The molecule has 1 aliphatic heterocycles. The van der Waals surface area contributed by atoms with E-state index in [0.29, 0.717) is 18.8 Å². The number of ether oxygens (including phenoxy) is 1. The zero-order valence-electron chi connectivity index (χ0n) is 18.9. The summed E-state index contributed by atoms with van der Waals surface area (Å²) in [6.45, 7) is 2.30. The summed E-state index contributed by atoms with van der Waals surface area (Å²) in [5.74, 6) is -0.367. The van der Waals surface area contributed by atoms with Crippen molar-refractivity contribution in [3.63, 3.8) is 0 Å². The predicted molar refractivity (Wildman–Crippen MR) is 128 cm³/mol. The number of carbonyl (C=O) groups is 1. The standard InChI is InChI=1S/C22H29N3O6S2/c1-17-7-9-18(10-8-17)25(32(3,27)28)16-22(26)23-20-15-19(11-12-21(20)31-2)33(29,30)24-13-5-4-6-14-24/h7-12,15H,4-6,13-14,16H2,1-3H3,(H,23,26). The molecule has 0 spiro atoms. The van der Waals surface area contributed by atoms with Gasteiger partial charge < -0.3 is 10.1 Å². The lowest BCUT2D eigenvalue weighted by Crippen LogP contribution is -2.37. The van der Waals surface area contributed by atoms with Gasteiger partial charge in [-0.05, 0) is 50.1 Å². The van der Waals surface area contributed by atoms with Gasteiger partial charge in [0.2, 0.25) is 26.0 Å². The van der Waals surface area contributed by atoms with Gasteiger partial charge in [0.1, 0.15) is 12.3 Å². The molecule has 33 heavy (non-hydrogen) atoms. The summed E-state index contributed by atoms with van der Waals surface area (Å²) in [6, 6.07) is 11.0. The Kier molecular flexibility index (Phi) is 7.65. The topological polar surface area (TPSA) is 113 Å². The van der Waals surface area contributed by atoms with Crippen LogP contribution in [0.3, 0.4) is 0 Å². The van der Waals surface area contributed by atoms with Crippen LogP contribution in [0, 0.1) is 6.92 Å². The van der Waals surface area contributed by atoms with E-state index in [9.17, 15) is 21.6 Å². The van der Waals surface area contributed by atoms with Gasteiger partial charge in [-0.3, -0.25) is 9.10 Å². The van der Waals surface area contributed by atoms with Gasteiger partial charge in [0.05, 0.1) is 29.6 Å². The minimum absolute atomic E-state index is 0.0407. The Morgan fingerprint density at radius 3 is 2.24 bits per heavy atom. The molecule has 0 atom stereocenters. The van der Waals surface area contributed by atoms with Crippen LogP contribution in [0.1, 0.15) is 24.8 Å². The quantitative estimate of drug-likeness (QED) is 0.602. The van der Waals surface area contributed by atoms with Gasteiger partial charge in [-0.25, -0.2) is 16.8 Å². The summed E-state index contributed by atoms with van der Waals surface area (Å²) in [7, 11) is -6.06. The number of rotatable bonds is 8. The van der Waals surface area contributed by atoms with E-state index in [2.05, 4.69) is 5.32 Å². The van der Waals surface area contributed by atoms with E-state index in [1.54, 1.807) is 24.3 Å². The van der Waals surface area contributed by atoms with Crippen LogP contribution in [-0.4, -0.2) is 60.0 Å². The first-order valence-electron chi connectivity index (χ1n) is 10.5. The Bertz CT molecular complexity index is 1210. The third-order valence-corrected chi connectivity index (χ3v) is 8.44. The van der Waals surface area contributed by atoms with Crippen LogP contribution in [0.2, 0.25) is 0 Å². The van der Waals surface area contributed by atoms with Gasteiger partial charge in [-0.2, -0.15) is 4.31 Å². The normalized spacial score (nSPS) is 15.1. The monoisotopic (exact) mass is 495 g/mol. The zero-order chi connectivity index (χ0) is 24.2. The van der Waals surface area contributed by atoms with Crippen LogP contribution < -0.4 is 14.4 Å². The predicted octanol–water partition coefficient (Wildman–Crippen LogP) is 2.58. The first-order chi connectivity index (χ1) is 15.5. The molecule has 0 aromatic heterocycles. The second-order valence-electron chi connectivity index (χ2n) is 7.98. The molecule has 2 aromatic carbocycles. The van der Waals surface area contributed by atoms with Crippen molar-refractivity contribution in [2.24, 2.45) is 0 Å². The summed E-state index contributed by atoms with van der Waals surface area (Å²) < 4.78 is 58.4. The van der Waals surface area contributed by atoms with Crippen LogP contribution in [0.25, 0.3) is 0 Å². The minimum Gasteiger partial charge on any atom is -0.495 e. The summed E-state index contributed by atoms with van der Waals surface area (Å²) in [4.78, 5) is 12.8. The van der Waals surface area contributed by atoms with Crippen LogP contribution in [0.5, 0.6) is 5.75 Å². The van der Waals surface area contributed by atoms with E-state index in [4.69, 9.17) is 4.74 Å². The summed E-state index contributed by atoms with van der Waals surface area (Å²) in [5, 5.41) is 2.61. The molecule has 1 amide bonds. The van der Waals surface area contributed by atoms with E-state index < -0.39 is 32.5 Å². The first kappa shape index (κ1) is 25.0. The van der Waals surface area contributed by atoms with Gasteiger partial charge in [-0.1, -0.05) is 24.1 Å². The van der Waals surface area contributed by atoms with Gasteiger partial charge in [0, 0.05) is 13.1 Å². The smallest absolute Gasteiger partial charge is 0.245 e. The third kappa shape index (κ3) is 6.04. The fourth-order valence-corrected chi connectivity index (χ4v) is 6.03. The van der Waals surface area contributed by atoms with Crippen molar-refractivity contribution in [3.8, 4) is 5.75 Å². The highest BCUT2D eigenvalue weighted by Gasteiger charge is 2.27. The van der Waals surface area contributed by atoms with E-state index in [1.807, 2.05) is 6.92 Å². The molecule has 2 aromatic rings. The molecule has 11 heteroatoms. The molecular weight excluding hydrogens is 466 g/mol. The first-order valence-corrected chi connectivity index (χ1v) is 13.8. The van der Waals surface area contributed by atoms with Crippen LogP contribution in [0.4, 0.5) is 11.4 Å². The number of nitrogens with zero attached hydrogens (tertiary/aromatic N) is 2. The van der Waals surface area contributed by atoms with Crippen molar-refractivity contribution < 1.29 is 26.4 Å². The van der Waals surface area contributed by atoms with Crippen LogP contribution in [-0.2, 0) is 24.8 Å². The summed E-state index contributed by atoms with van der Waals surface area (Å²) in [6.07, 6.45) is 3.62. The molecule has 0 saturated carbocycles. The minimum atomic E-state index is -3.74. The summed E-state index contributed by atoms with van der Waals surface area (Å²) >= 11 is 0. The second-order valence-corrected chi connectivity index (χ2v) is 11.8. The number of sulfonamides is 2. The summed E-state index contributed by atoms with van der Waals surface area (Å²) in [5.41, 5.74) is 1.46. The highest BCUT2D eigenvalue weighted by molar-refractivity contribution is 7.92. The number of piperidine rings is 1. The largest absolute Gasteiger partial charge is 0.495 e. The number of hydrogen-bond acceptors (Lipinski definition) is 6. The molecule has 9 nitrogen and oxygen atoms in total. The number of carbonyl (C=O) groups excluding carboxylic acids is 1. The van der Waals surface area contributed by atoms with Crippen molar-refractivity contribution in [2.45, 2.75) is 31.1 Å². The van der Waals surface area contributed by atoms with E-state index >= 15 is 0 Å². The lowest BCUT2D eigenvalue weighted by Gasteiger charge is -2.26. The number of aryl methyl sites for hydroxylation is 1. The number of anilines is 2. The van der Waals surface area contributed by atoms with Crippen LogP contribution >= 0.6 is 0 Å². The maximum atomic E-state index is 13.0. The van der Waals surface area contributed by atoms with Gasteiger partial charge in [0.15, 0.2) is 0 Å². The van der Waals surface area contributed by atoms with Crippen LogP contribution in [0.15, 0.2) is 47.4 Å². The highest BCUT2D eigenvalue weighted by atomic mass is 32.2. The molecule has 1 saturated heterocycles. The van der Waals surface area contributed by atoms with E-state index in [-0.39, 0.29) is 16.3 Å². The van der Waals surface area contributed by atoms with Crippen molar-refractivity contribution in [1.82, 2.24) is 4.31 Å². The Balaban J connectivity index is 1.85. The molecule has 0 unspecified atom stereocenters. The van der Waals surface area contributed by atoms with Crippen molar-refractivity contribution in [2.75, 3.05) is 42.6 Å². The highest BCUT2D eigenvalue weighted by Crippen LogP contribution is 2.30. The molecule has 3 rings (SSSR count). The Morgan fingerprint density at radius 2 is 1.67 bits per heavy atom. The average molecular weight is 496 g/mol. The van der Waals surface area contributed by atoms with Gasteiger partial charge in [-0.15, -0.1) is 0 Å². The van der Waals surface area contributed by atoms with E-state index in [1.165, 1.54) is 29.6 Å². The molecule has 0 radical (unpaired) electrons. The fraction of sp³-hybridized carbons (Fsp3) is 0.409. The maximum Gasteiger partial charge on any atom is 0.245 e. The van der Waals surface area contributed by atoms with E-state index in [0.717, 1.165) is 35.4 Å². The molecule has 180 valence electrons. The molecular formula is C22H29N3O6S2. The van der Waals surface area contributed by atoms with Crippen molar-refractivity contribution in [3.05, 3.63) is 48.0 Å².